The fraction of sp³-hybridized carbons (Fsp3) is 0.304. The second-order valence-corrected chi connectivity index (χ2v) is 8.19. The minimum Gasteiger partial charge on any atom is -0.378 e. The molecule has 0 radical (unpaired) electrons. The molecule has 6 nitrogen and oxygen atoms in total. The zero-order chi connectivity index (χ0) is 20.2. The van der Waals surface area contributed by atoms with Gasteiger partial charge in [0.15, 0.2) is 0 Å². The maximum absolute atomic E-state index is 14.5. The lowest BCUT2D eigenvalue weighted by Crippen LogP contribution is -2.36. The van der Waals surface area contributed by atoms with Gasteiger partial charge in [-0.2, -0.15) is 0 Å². The molecular formula is C23H23FN5O+. The fourth-order valence-corrected chi connectivity index (χ4v) is 4.38. The molecule has 1 saturated carbocycles. The molecule has 2 aromatic carbocycles. The summed E-state index contributed by atoms with van der Waals surface area (Å²) in [5, 5.41) is 2.65. The third-order valence-electron chi connectivity index (χ3n) is 6.19. The number of H-pyrrole nitrogens is 1. The summed E-state index contributed by atoms with van der Waals surface area (Å²) in [4.78, 5) is 10.2. The van der Waals surface area contributed by atoms with Crippen LogP contribution in [0, 0.1) is 5.82 Å². The van der Waals surface area contributed by atoms with Crippen molar-refractivity contribution >= 4 is 33.3 Å². The smallest absolute Gasteiger partial charge is 0.236 e. The maximum Gasteiger partial charge on any atom is 0.236 e. The standard InChI is InChI=1S/C23H22FN5O/c24-16-9-15-3-4-17(28-5-7-30-8-6-28)11-18(15)21(10-16)29-13-26-23-19(22(29)25)12-20(27-23)14-1-2-14/h3-4,9-14H,1-2,5-8H2,(H2,25,27)/p+1. The van der Waals surface area contributed by atoms with Gasteiger partial charge < -0.3 is 20.4 Å². The Morgan fingerprint density at radius 2 is 1.93 bits per heavy atom. The average molecular weight is 404 g/mol. The van der Waals surface area contributed by atoms with Crippen LogP contribution in [-0.2, 0) is 4.74 Å². The Bertz CT molecular complexity index is 1270. The Morgan fingerprint density at radius 1 is 1.10 bits per heavy atom. The number of nitrogen functional groups attached to an aromatic ring is 1. The first-order chi connectivity index (χ1) is 14.7. The highest BCUT2D eigenvalue weighted by Crippen LogP contribution is 2.40. The summed E-state index contributed by atoms with van der Waals surface area (Å²) in [5.41, 5.74) is 10.3. The number of fused-ring (bicyclic) bond motifs is 2. The van der Waals surface area contributed by atoms with Crippen molar-refractivity contribution in [2.45, 2.75) is 18.8 Å². The van der Waals surface area contributed by atoms with Gasteiger partial charge in [-0.15, -0.1) is 0 Å². The summed E-state index contributed by atoms with van der Waals surface area (Å²) in [6.45, 7) is 3.12. The van der Waals surface area contributed by atoms with E-state index in [1.54, 1.807) is 17.0 Å². The van der Waals surface area contributed by atoms with Crippen molar-refractivity contribution in [1.82, 2.24) is 9.97 Å². The van der Waals surface area contributed by atoms with E-state index >= 15 is 0 Å². The average Bonchev–Trinajstić information content (AvgIpc) is 3.53. The molecule has 152 valence electrons. The van der Waals surface area contributed by atoms with Gasteiger partial charge in [-0.3, -0.25) is 0 Å². The van der Waals surface area contributed by atoms with Crippen molar-refractivity contribution in [2.24, 2.45) is 0 Å². The summed E-state index contributed by atoms with van der Waals surface area (Å²) >= 11 is 0. The first kappa shape index (κ1) is 17.7. The normalized spacial score (nSPS) is 17.2. The third kappa shape index (κ3) is 2.89. The molecule has 4 aromatic rings. The zero-order valence-electron chi connectivity index (χ0n) is 16.6. The van der Waals surface area contributed by atoms with Crippen LogP contribution >= 0.6 is 0 Å². The molecular weight excluding hydrogens is 381 g/mol. The van der Waals surface area contributed by atoms with Gasteiger partial charge in [0.25, 0.3) is 0 Å². The van der Waals surface area contributed by atoms with E-state index in [2.05, 4.69) is 27.0 Å². The highest BCUT2D eigenvalue weighted by atomic mass is 19.1. The number of aromatic amines is 1. The molecule has 6 rings (SSSR count). The number of ether oxygens (including phenoxy) is 1. The number of nitrogens with zero attached hydrogens (tertiary/aromatic N) is 3. The van der Waals surface area contributed by atoms with Gasteiger partial charge in [0.2, 0.25) is 17.8 Å². The Hall–Kier alpha value is -3.19. The van der Waals surface area contributed by atoms with Crippen molar-refractivity contribution in [3.63, 3.8) is 0 Å². The minimum absolute atomic E-state index is 0.295. The maximum atomic E-state index is 14.5. The number of anilines is 2. The summed E-state index contributed by atoms with van der Waals surface area (Å²) in [5.74, 6) is 0.848. The minimum atomic E-state index is -0.295. The van der Waals surface area contributed by atoms with E-state index in [-0.39, 0.29) is 5.82 Å². The van der Waals surface area contributed by atoms with Gasteiger partial charge in [0, 0.05) is 35.9 Å². The number of halogens is 1. The number of rotatable bonds is 3. The van der Waals surface area contributed by atoms with Crippen LogP contribution in [0.5, 0.6) is 0 Å². The van der Waals surface area contributed by atoms with Gasteiger partial charge in [-0.1, -0.05) is 11.1 Å². The van der Waals surface area contributed by atoms with Crippen molar-refractivity contribution in [2.75, 3.05) is 36.9 Å². The van der Waals surface area contributed by atoms with E-state index in [4.69, 9.17) is 10.5 Å². The van der Waals surface area contributed by atoms with E-state index in [0.717, 1.165) is 40.6 Å². The van der Waals surface area contributed by atoms with E-state index in [1.165, 1.54) is 24.6 Å². The summed E-state index contributed by atoms with van der Waals surface area (Å²) in [7, 11) is 0. The molecule has 0 spiro atoms. The van der Waals surface area contributed by atoms with Crippen LogP contribution in [0.15, 0.2) is 42.7 Å². The lowest BCUT2D eigenvalue weighted by Gasteiger charge is -2.29. The largest absolute Gasteiger partial charge is 0.378 e. The quantitative estimate of drug-likeness (QED) is 0.513. The number of nitrogens with two attached hydrogens (primary N) is 1. The Labute approximate surface area is 173 Å². The van der Waals surface area contributed by atoms with Gasteiger partial charge in [-0.05, 0) is 48.4 Å². The molecule has 0 bridgehead atoms. The lowest BCUT2D eigenvalue weighted by atomic mass is 10.1. The molecule has 3 N–H and O–H groups in total. The molecule has 0 unspecified atom stereocenters. The molecule has 1 aliphatic heterocycles. The second kappa shape index (κ2) is 6.67. The lowest BCUT2D eigenvalue weighted by molar-refractivity contribution is -0.580. The van der Waals surface area contributed by atoms with Crippen LogP contribution in [-0.4, -0.2) is 36.3 Å². The zero-order valence-corrected chi connectivity index (χ0v) is 16.6. The number of nitrogens with one attached hydrogen (secondary N) is 1. The predicted molar refractivity (Wildman–Crippen MR) is 115 cm³/mol. The van der Waals surface area contributed by atoms with Crippen molar-refractivity contribution in [3.8, 4) is 5.69 Å². The van der Waals surface area contributed by atoms with Crippen molar-refractivity contribution in [3.05, 3.63) is 54.2 Å². The first-order valence-electron chi connectivity index (χ1n) is 10.4. The highest BCUT2D eigenvalue weighted by Gasteiger charge is 2.27. The number of hydrogen-bond acceptors (Lipinski definition) is 4. The Kier molecular flexibility index (Phi) is 3.92. The van der Waals surface area contributed by atoms with E-state index in [1.807, 2.05) is 12.1 Å². The molecule has 2 aliphatic rings. The number of benzene rings is 2. The predicted octanol–water partition coefficient (Wildman–Crippen LogP) is 3.43. The highest BCUT2D eigenvalue weighted by molar-refractivity contribution is 5.92. The molecule has 1 saturated heterocycles. The Morgan fingerprint density at radius 3 is 2.73 bits per heavy atom. The SMILES string of the molecule is Nc1c2cc(C3CC3)[nH]c2nc[n+]1-c1cc(F)cc2ccc(N3CCOCC3)cc12. The third-order valence-corrected chi connectivity index (χ3v) is 6.19. The molecule has 0 amide bonds. The second-order valence-electron chi connectivity index (χ2n) is 8.19. The number of morpholine rings is 1. The van der Waals surface area contributed by atoms with Crippen LogP contribution in [0.2, 0.25) is 0 Å². The number of aromatic nitrogens is 3. The topological polar surface area (TPSA) is 71.1 Å². The molecule has 30 heavy (non-hydrogen) atoms. The van der Waals surface area contributed by atoms with Crippen molar-refractivity contribution in [1.29, 1.82) is 0 Å². The number of hydrogen-bond donors (Lipinski definition) is 2. The van der Waals surface area contributed by atoms with Crippen LogP contribution in [0.1, 0.15) is 24.5 Å². The molecule has 1 aliphatic carbocycles. The van der Waals surface area contributed by atoms with E-state index in [9.17, 15) is 4.39 Å². The summed E-state index contributed by atoms with van der Waals surface area (Å²) in [6, 6.07) is 11.3. The summed E-state index contributed by atoms with van der Waals surface area (Å²) in [6.07, 6.45) is 4.08. The van der Waals surface area contributed by atoms with Gasteiger partial charge in [-0.25, -0.2) is 8.96 Å². The van der Waals surface area contributed by atoms with E-state index in [0.29, 0.717) is 30.6 Å². The first-order valence-corrected chi connectivity index (χ1v) is 10.4. The van der Waals surface area contributed by atoms with Crippen LogP contribution in [0.25, 0.3) is 27.5 Å². The molecule has 3 heterocycles. The van der Waals surface area contributed by atoms with E-state index < -0.39 is 0 Å². The van der Waals surface area contributed by atoms with Gasteiger partial charge in [0.05, 0.1) is 13.2 Å². The molecule has 2 fully saturated rings. The van der Waals surface area contributed by atoms with Gasteiger partial charge in [0.1, 0.15) is 16.9 Å². The Balaban J connectivity index is 1.53. The van der Waals surface area contributed by atoms with Crippen LogP contribution in [0.4, 0.5) is 15.9 Å². The fourth-order valence-electron chi connectivity index (χ4n) is 4.38. The van der Waals surface area contributed by atoms with Crippen molar-refractivity contribution < 1.29 is 13.7 Å². The van der Waals surface area contributed by atoms with Gasteiger partial charge >= 0.3 is 0 Å². The monoisotopic (exact) mass is 404 g/mol. The molecule has 7 heteroatoms. The molecule has 0 atom stereocenters. The summed E-state index contributed by atoms with van der Waals surface area (Å²) < 4.78 is 21.8. The van der Waals surface area contributed by atoms with Crippen LogP contribution < -0.4 is 15.2 Å². The molecule has 2 aromatic heterocycles. The van der Waals surface area contributed by atoms with Crippen LogP contribution in [0.3, 0.4) is 0 Å².